The normalized spacial score (nSPS) is 21.9. The quantitative estimate of drug-likeness (QED) is 0.475. The molecule has 4 rings (SSSR count). The Morgan fingerprint density at radius 3 is 2.39 bits per heavy atom. The Hall–Kier alpha value is -2.97. The summed E-state index contributed by atoms with van der Waals surface area (Å²) in [7, 11) is 3.35. The molecule has 0 radical (unpaired) electrons. The van der Waals surface area contributed by atoms with Crippen molar-refractivity contribution in [3.63, 3.8) is 0 Å². The van der Waals surface area contributed by atoms with Crippen LogP contribution in [0.5, 0.6) is 0 Å². The van der Waals surface area contributed by atoms with Crippen molar-refractivity contribution < 1.29 is 19.8 Å². The minimum Gasteiger partial charge on any atom is -0.396 e. The first-order valence-electron chi connectivity index (χ1n) is 15.1. The highest BCUT2D eigenvalue weighted by molar-refractivity contribution is 6.00. The standard InChI is InChI=1S/C33H47N3O5/c1-32(2)22-35(30(39)26(15-18-37)19-24-11-7-5-8-12-24)17-16-33(32,41)23-36-21-28(31(40)34(3)4)27(20-29(36)38)25-13-9-6-10-14-25/h6,9-10,13-14,20-21,24,26,37,41H,5,7-8,11-12,15-19,22-23H2,1-4H3. The number of aliphatic hydroxyl groups is 2. The summed E-state index contributed by atoms with van der Waals surface area (Å²) in [5, 5.41) is 21.7. The van der Waals surface area contributed by atoms with Crippen LogP contribution in [0.2, 0.25) is 0 Å². The van der Waals surface area contributed by atoms with Gasteiger partial charge in [0.05, 0.1) is 17.7 Å². The second kappa shape index (κ2) is 12.9. The second-order valence-electron chi connectivity index (χ2n) is 13.0. The first-order valence-corrected chi connectivity index (χ1v) is 15.1. The second-order valence-corrected chi connectivity index (χ2v) is 13.0. The van der Waals surface area contributed by atoms with Crippen LogP contribution >= 0.6 is 0 Å². The Bertz CT molecular complexity index is 1270. The summed E-state index contributed by atoms with van der Waals surface area (Å²) in [6.07, 6.45) is 9.13. The van der Waals surface area contributed by atoms with E-state index in [1.54, 1.807) is 20.3 Å². The molecule has 2 fully saturated rings. The third-order valence-corrected chi connectivity index (χ3v) is 9.40. The minimum atomic E-state index is -1.27. The first kappa shape index (κ1) is 31.0. The number of nitrogens with zero attached hydrogens (tertiary/aromatic N) is 3. The Morgan fingerprint density at radius 2 is 1.78 bits per heavy atom. The first-order chi connectivity index (χ1) is 19.5. The molecule has 0 bridgehead atoms. The smallest absolute Gasteiger partial charge is 0.255 e. The van der Waals surface area contributed by atoms with Crippen molar-refractivity contribution in [2.45, 2.75) is 77.4 Å². The van der Waals surface area contributed by atoms with Gasteiger partial charge in [-0.25, -0.2) is 0 Å². The Balaban J connectivity index is 1.56. The molecule has 8 heteroatoms. The molecule has 2 N–H and O–H groups in total. The molecule has 2 aromatic rings. The van der Waals surface area contributed by atoms with Gasteiger partial charge < -0.3 is 24.6 Å². The molecule has 2 atom stereocenters. The lowest BCUT2D eigenvalue weighted by atomic mass is 9.69. The van der Waals surface area contributed by atoms with E-state index in [0.717, 1.165) is 24.8 Å². The van der Waals surface area contributed by atoms with E-state index in [1.165, 1.54) is 34.8 Å². The molecule has 1 aliphatic carbocycles. The van der Waals surface area contributed by atoms with E-state index in [-0.39, 0.29) is 36.4 Å². The predicted molar refractivity (Wildman–Crippen MR) is 160 cm³/mol. The van der Waals surface area contributed by atoms with Crippen LogP contribution in [0.15, 0.2) is 47.4 Å². The highest BCUT2D eigenvalue weighted by Crippen LogP contribution is 2.41. The van der Waals surface area contributed by atoms with Gasteiger partial charge in [0.25, 0.3) is 11.5 Å². The van der Waals surface area contributed by atoms with E-state index in [9.17, 15) is 24.6 Å². The van der Waals surface area contributed by atoms with Gasteiger partial charge in [0, 0.05) is 63.0 Å². The number of rotatable bonds is 9. The molecule has 8 nitrogen and oxygen atoms in total. The molecular weight excluding hydrogens is 518 g/mol. The molecule has 2 amide bonds. The van der Waals surface area contributed by atoms with Crippen molar-refractivity contribution >= 4 is 11.8 Å². The van der Waals surface area contributed by atoms with Gasteiger partial charge >= 0.3 is 0 Å². The van der Waals surface area contributed by atoms with E-state index in [2.05, 4.69) is 0 Å². The highest BCUT2D eigenvalue weighted by Gasteiger charge is 2.49. The zero-order valence-corrected chi connectivity index (χ0v) is 25.1. The van der Waals surface area contributed by atoms with Crippen LogP contribution in [0, 0.1) is 17.3 Å². The van der Waals surface area contributed by atoms with Crippen molar-refractivity contribution in [1.82, 2.24) is 14.4 Å². The molecular formula is C33H47N3O5. The summed E-state index contributed by atoms with van der Waals surface area (Å²) in [5.74, 6) is 0.154. The van der Waals surface area contributed by atoms with Crippen molar-refractivity contribution in [1.29, 1.82) is 0 Å². The fourth-order valence-corrected chi connectivity index (χ4v) is 6.67. The van der Waals surface area contributed by atoms with Crippen LogP contribution < -0.4 is 5.56 Å². The van der Waals surface area contributed by atoms with Crippen LogP contribution in [-0.2, 0) is 11.3 Å². The maximum Gasteiger partial charge on any atom is 0.255 e. The van der Waals surface area contributed by atoms with Gasteiger partial charge in [0.15, 0.2) is 0 Å². The number of piperidine rings is 1. The van der Waals surface area contributed by atoms with Crippen LogP contribution in [0.1, 0.15) is 75.6 Å². The van der Waals surface area contributed by atoms with Crippen molar-refractivity contribution in [2.75, 3.05) is 33.8 Å². The Labute approximate surface area is 244 Å². The van der Waals surface area contributed by atoms with Crippen molar-refractivity contribution in [3.8, 4) is 11.1 Å². The topological polar surface area (TPSA) is 103 Å². The minimum absolute atomic E-state index is 0.0137. The van der Waals surface area contributed by atoms with Crippen molar-refractivity contribution in [3.05, 3.63) is 58.5 Å². The summed E-state index contributed by atoms with van der Waals surface area (Å²) in [6, 6.07) is 10.8. The molecule has 1 aromatic carbocycles. The summed E-state index contributed by atoms with van der Waals surface area (Å²) in [6.45, 7) is 4.61. The third-order valence-electron chi connectivity index (χ3n) is 9.40. The van der Waals surface area contributed by atoms with Gasteiger partial charge in [-0.1, -0.05) is 76.3 Å². The lowest BCUT2D eigenvalue weighted by molar-refractivity contribution is -0.158. The Kier molecular flexibility index (Phi) is 9.75. The molecule has 41 heavy (non-hydrogen) atoms. The average molecular weight is 566 g/mol. The number of benzene rings is 1. The molecule has 1 saturated carbocycles. The van der Waals surface area contributed by atoms with Gasteiger partial charge in [-0.2, -0.15) is 0 Å². The van der Waals surface area contributed by atoms with Crippen LogP contribution in [0.3, 0.4) is 0 Å². The molecule has 2 heterocycles. The molecule has 1 aromatic heterocycles. The summed E-state index contributed by atoms with van der Waals surface area (Å²) < 4.78 is 1.44. The molecule has 2 unspecified atom stereocenters. The van der Waals surface area contributed by atoms with E-state index in [4.69, 9.17) is 0 Å². The van der Waals surface area contributed by atoms with Gasteiger partial charge in [0.2, 0.25) is 5.91 Å². The van der Waals surface area contributed by atoms with Crippen LogP contribution in [0.4, 0.5) is 0 Å². The molecule has 0 spiro atoms. The van der Waals surface area contributed by atoms with E-state index in [0.29, 0.717) is 43.0 Å². The number of hydrogen-bond acceptors (Lipinski definition) is 5. The number of carbonyl (C=O) groups excluding carboxylic acids is 2. The maximum absolute atomic E-state index is 13.7. The Morgan fingerprint density at radius 1 is 1.10 bits per heavy atom. The number of hydrogen-bond donors (Lipinski definition) is 2. The SMILES string of the molecule is CN(C)C(=O)c1cn(CC2(O)CCN(C(=O)C(CCO)CC3CCCCC3)CC2(C)C)c(=O)cc1-c1ccccc1. The maximum atomic E-state index is 13.7. The summed E-state index contributed by atoms with van der Waals surface area (Å²) >= 11 is 0. The van der Waals surface area contributed by atoms with Gasteiger partial charge in [-0.3, -0.25) is 14.4 Å². The summed E-state index contributed by atoms with van der Waals surface area (Å²) in [5.41, 5.74) is -0.542. The van der Waals surface area contributed by atoms with Crippen molar-refractivity contribution in [2.24, 2.45) is 17.3 Å². The van der Waals surface area contributed by atoms with Crippen LogP contribution in [0.25, 0.3) is 11.1 Å². The lowest BCUT2D eigenvalue weighted by Gasteiger charge is -2.51. The monoisotopic (exact) mass is 565 g/mol. The van der Waals surface area contributed by atoms with Gasteiger partial charge in [0.1, 0.15) is 0 Å². The number of aliphatic hydroxyl groups excluding tert-OH is 1. The number of pyridine rings is 1. The third kappa shape index (κ3) is 6.92. The largest absolute Gasteiger partial charge is 0.396 e. The van der Waals surface area contributed by atoms with Gasteiger partial charge in [-0.15, -0.1) is 0 Å². The number of carbonyl (C=O) groups is 2. The van der Waals surface area contributed by atoms with E-state index < -0.39 is 11.0 Å². The zero-order valence-electron chi connectivity index (χ0n) is 25.1. The fourth-order valence-electron chi connectivity index (χ4n) is 6.67. The predicted octanol–water partition coefficient (Wildman–Crippen LogP) is 4.18. The number of likely N-dealkylation sites (tertiary alicyclic amines) is 1. The molecule has 224 valence electrons. The molecule has 1 aliphatic heterocycles. The van der Waals surface area contributed by atoms with Crippen LogP contribution in [-0.4, -0.2) is 75.8 Å². The molecule has 2 aliphatic rings. The number of amides is 2. The van der Waals surface area contributed by atoms with Gasteiger partial charge in [-0.05, 0) is 30.7 Å². The zero-order chi connectivity index (χ0) is 29.8. The lowest BCUT2D eigenvalue weighted by Crippen LogP contribution is -2.61. The number of aromatic nitrogens is 1. The van der Waals surface area contributed by atoms with E-state index in [1.807, 2.05) is 49.1 Å². The average Bonchev–Trinajstić information content (AvgIpc) is 2.95. The highest BCUT2D eigenvalue weighted by atomic mass is 16.3. The van der Waals surface area contributed by atoms with E-state index >= 15 is 0 Å². The summed E-state index contributed by atoms with van der Waals surface area (Å²) in [4.78, 5) is 43.5. The fraction of sp³-hybridized carbons (Fsp3) is 0.606. The molecule has 1 saturated heterocycles.